The number of benzene rings is 1. The summed E-state index contributed by atoms with van der Waals surface area (Å²) in [6, 6.07) is 7.80. The zero-order chi connectivity index (χ0) is 9.54. The molecule has 0 spiro atoms. The van der Waals surface area contributed by atoms with Crippen molar-refractivity contribution in [1.82, 2.24) is 0 Å². The highest BCUT2D eigenvalue weighted by atomic mass is 32.1. The van der Waals surface area contributed by atoms with Crippen LogP contribution in [0.5, 0.6) is 0 Å². The fourth-order valence-electron chi connectivity index (χ4n) is 1.85. The van der Waals surface area contributed by atoms with Crippen LogP contribution in [0.4, 0.5) is 5.00 Å². The molecule has 0 fully saturated rings. The van der Waals surface area contributed by atoms with Gasteiger partial charge in [-0.25, -0.2) is 0 Å². The standard InChI is InChI=1S/C11H9NOS/c13-10-7-3-1-2-4-9(7)14-11-8(10)5-6-12-11/h1-4,12H,5-6H2. The van der Waals surface area contributed by atoms with Gasteiger partial charge >= 0.3 is 0 Å². The quantitative estimate of drug-likeness (QED) is 0.711. The van der Waals surface area contributed by atoms with E-state index in [4.69, 9.17) is 0 Å². The monoisotopic (exact) mass is 203 g/mol. The van der Waals surface area contributed by atoms with Gasteiger partial charge in [0.2, 0.25) is 0 Å². The minimum absolute atomic E-state index is 0.208. The minimum Gasteiger partial charge on any atom is -0.376 e. The summed E-state index contributed by atoms with van der Waals surface area (Å²) in [7, 11) is 0. The van der Waals surface area contributed by atoms with Crippen LogP contribution in [0.25, 0.3) is 10.1 Å². The molecule has 1 N–H and O–H groups in total. The maximum atomic E-state index is 12.0. The molecule has 2 nitrogen and oxygen atoms in total. The number of hydrogen-bond donors (Lipinski definition) is 1. The van der Waals surface area contributed by atoms with Crippen LogP contribution in [0.2, 0.25) is 0 Å². The lowest BCUT2D eigenvalue weighted by molar-refractivity contribution is 1.10. The Balaban J connectivity index is 2.50. The molecule has 2 aromatic rings. The Morgan fingerprint density at radius 3 is 3.07 bits per heavy atom. The Hall–Kier alpha value is -1.35. The fraction of sp³-hybridized carbons (Fsp3) is 0.182. The van der Waals surface area contributed by atoms with Crippen molar-refractivity contribution in [2.24, 2.45) is 0 Å². The summed E-state index contributed by atoms with van der Waals surface area (Å²) in [5.41, 5.74) is 1.17. The molecule has 0 radical (unpaired) electrons. The molecule has 0 unspecified atom stereocenters. The average molecular weight is 203 g/mol. The molecule has 0 aliphatic carbocycles. The van der Waals surface area contributed by atoms with Crippen LogP contribution in [0.3, 0.4) is 0 Å². The summed E-state index contributed by atoms with van der Waals surface area (Å²) in [4.78, 5) is 12.0. The van der Waals surface area contributed by atoms with Crippen molar-refractivity contribution in [3.63, 3.8) is 0 Å². The van der Waals surface area contributed by atoms with Crippen molar-refractivity contribution in [3.05, 3.63) is 40.1 Å². The molecule has 0 atom stereocenters. The predicted octanol–water partition coefficient (Wildman–Crippen LogP) is 2.23. The van der Waals surface area contributed by atoms with E-state index in [1.165, 1.54) is 0 Å². The van der Waals surface area contributed by atoms with E-state index in [1.807, 2.05) is 24.3 Å². The molecular formula is C11H9NOS. The first-order valence-electron chi connectivity index (χ1n) is 4.65. The van der Waals surface area contributed by atoms with Crippen LogP contribution >= 0.6 is 11.3 Å². The molecular weight excluding hydrogens is 194 g/mol. The third kappa shape index (κ3) is 0.990. The summed E-state index contributed by atoms with van der Waals surface area (Å²) in [6.45, 7) is 0.900. The van der Waals surface area contributed by atoms with Crippen LogP contribution in [0, 0.1) is 0 Å². The maximum Gasteiger partial charge on any atom is 0.193 e. The van der Waals surface area contributed by atoms with Crippen molar-refractivity contribution >= 4 is 26.4 Å². The molecule has 3 heteroatoms. The lowest BCUT2D eigenvalue weighted by atomic mass is 10.2. The summed E-state index contributed by atoms with van der Waals surface area (Å²) in [5, 5.41) is 5.18. The predicted molar refractivity (Wildman–Crippen MR) is 60.3 cm³/mol. The van der Waals surface area contributed by atoms with E-state index < -0.39 is 0 Å². The highest BCUT2D eigenvalue weighted by Crippen LogP contribution is 2.29. The van der Waals surface area contributed by atoms with E-state index in [2.05, 4.69) is 5.32 Å². The lowest BCUT2D eigenvalue weighted by Crippen LogP contribution is -2.05. The summed E-state index contributed by atoms with van der Waals surface area (Å²) >= 11 is 1.68. The molecule has 2 heterocycles. The molecule has 0 saturated carbocycles. The van der Waals surface area contributed by atoms with Gasteiger partial charge in [0, 0.05) is 22.2 Å². The van der Waals surface area contributed by atoms with Gasteiger partial charge in [-0.15, -0.1) is 11.3 Å². The Kier molecular flexibility index (Phi) is 1.61. The summed E-state index contributed by atoms with van der Waals surface area (Å²) in [6.07, 6.45) is 0.871. The van der Waals surface area contributed by atoms with Crippen LogP contribution in [-0.2, 0) is 6.42 Å². The Morgan fingerprint density at radius 2 is 2.14 bits per heavy atom. The number of anilines is 1. The lowest BCUT2D eigenvalue weighted by Gasteiger charge is -2.00. The SMILES string of the molecule is O=c1c2c(sc3ccccc13)NCC2. The Labute approximate surface area is 85.2 Å². The van der Waals surface area contributed by atoms with Crippen molar-refractivity contribution < 1.29 is 0 Å². The number of nitrogens with one attached hydrogen (secondary N) is 1. The Morgan fingerprint density at radius 1 is 1.29 bits per heavy atom. The van der Waals surface area contributed by atoms with Gasteiger partial charge in [0.15, 0.2) is 5.43 Å². The zero-order valence-electron chi connectivity index (χ0n) is 7.54. The second kappa shape index (κ2) is 2.82. The van der Waals surface area contributed by atoms with E-state index in [1.54, 1.807) is 11.3 Å². The normalized spacial score (nSPS) is 14.0. The van der Waals surface area contributed by atoms with Gasteiger partial charge in [-0.3, -0.25) is 4.79 Å². The Bertz CT molecular complexity index is 559. The molecule has 0 saturated heterocycles. The molecule has 14 heavy (non-hydrogen) atoms. The number of hydrogen-bond acceptors (Lipinski definition) is 3. The molecule has 0 bridgehead atoms. The molecule has 0 amide bonds. The molecule has 70 valence electrons. The van der Waals surface area contributed by atoms with E-state index in [0.29, 0.717) is 0 Å². The highest BCUT2D eigenvalue weighted by molar-refractivity contribution is 7.22. The smallest absolute Gasteiger partial charge is 0.193 e. The summed E-state index contributed by atoms with van der Waals surface area (Å²) in [5.74, 6) is 0. The van der Waals surface area contributed by atoms with Crippen molar-refractivity contribution in [3.8, 4) is 0 Å². The fourth-order valence-corrected chi connectivity index (χ4v) is 2.98. The topological polar surface area (TPSA) is 29.1 Å². The molecule has 1 aromatic carbocycles. The molecule has 1 aromatic heterocycles. The van der Waals surface area contributed by atoms with Gasteiger partial charge in [-0.1, -0.05) is 12.1 Å². The van der Waals surface area contributed by atoms with Crippen LogP contribution < -0.4 is 10.7 Å². The highest BCUT2D eigenvalue weighted by Gasteiger charge is 2.16. The van der Waals surface area contributed by atoms with Gasteiger partial charge in [-0.05, 0) is 18.6 Å². The summed E-state index contributed by atoms with van der Waals surface area (Å²) < 4.78 is 1.07. The first-order chi connectivity index (χ1) is 6.86. The molecule has 1 aliphatic heterocycles. The van der Waals surface area contributed by atoms with Crippen molar-refractivity contribution in [2.45, 2.75) is 6.42 Å². The second-order valence-corrected chi connectivity index (χ2v) is 4.46. The van der Waals surface area contributed by atoms with E-state index in [0.717, 1.165) is 33.6 Å². The van der Waals surface area contributed by atoms with Gasteiger partial charge in [-0.2, -0.15) is 0 Å². The molecule has 3 rings (SSSR count). The first-order valence-corrected chi connectivity index (χ1v) is 5.46. The van der Waals surface area contributed by atoms with Crippen LogP contribution in [0.1, 0.15) is 5.56 Å². The van der Waals surface area contributed by atoms with Gasteiger partial charge in [0.1, 0.15) is 0 Å². The zero-order valence-corrected chi connectivity index (χ0v) is 8.36. The van der Waals surface area contributed by atoms with Gasteiger partial charge < -0.3 is 5.32 Å². The van der Waals surface area contributed by atoms with Crippen molar-refractivity contribution in [2.75, 3.05) is 11.9 Å². The van der Waals surface area contributed by atoms with Crippen molar-refractivity contribution in [1.29, 1.82) is 0 Å². The van der Waals surface area contributed by atoms with Gasteiger partial charge in [0.25, 0.3) is 0 Å². The third-order valence-corrected chi connectivity index (χ3v) is 3.72. The van der Waals surface area contributed by atoms with Crippen LogP contribution in [-0.4, -0.2) is 6.54 Å². The van der Waals surface area contributed by atoms with Crippen LogP contribution in [0.15, 0.2) is 29.1 Å². The number of rotatable bonds is 0. The number of fused-ring (bicyclic) bond motifs is 2. The van der Waals surface area contributed by atoms with E-state index in [-0.39, 0.29) is 5.43 Å². The third-order valence-electron chi connectivity index (χ3n) is 2.55. The van der Waals surface area contributed by atoms with E-state index >= 15 is 0 Å². The van der Waals surface area contributed by atoms with E-state index in [9.17, 15) is 4.79 Å². The largest absolute Gasteiger partial charge is 0.376 e. The first kappa shape index (κ1) is 8.00. The molecule has 1 aliphatic rings. The van der Waals surface area contributed by atoms with Gasteiger partial charge in [0.05, 0.1) is 5.00 Å². The maximum absolute atomic E-state index is 12.0. The minimum atomic E-state index is 0.208. The average Bonchev–Trinajstić information content (AvgIpc) is 2.66. The second-order valence-electron chi connectivity index (χ2n) is 3.41.